The highest BCUT2D eigenvalue weighted by Gasteiger charge is 2.24. The van der Waals surface area contributed by atoms with Crippen LogP contribution in [0.1, 0.15) is 0 Å². The molecule has 0 aromatic heterocycles. The fraction of sp³-hybridized carbons (Fsp3) is 0.429. The van der Waals surface area contributed by atoms with E-state index in [1.807, 2.05) is 0 Å². The van der Waals surface area contributed by atoms with Crippen LogP contribution in [0.3, 0.4) is 0 Å². The van der Waals surface area contributed by atoms with Gasteiger partial charge in [0, 0.05) is 19.2 Å². The van der Waals surface area contributed by atoms with Gasteiger partial charge in [0.05, 0.1) is 37.5 Å². The largest absolute Gasteiger partial charge is 0.495 e. The van der Waals surface area contributed by atoms with Crippen LogP contribution < -0.4 is 10.1 Å². The van der Waals surface area contributed by atoms with E-state index in [1.54, 1.807) is 6.07 Å². The van der Waals surface area contributed by atoms with Crippen molar-refractivity contribution in [3.63, 3.8) is 0 Å². The molecule has 0 unspecified atom stereocenters. The summed E-state index contributed by atoms with van der Waals surface area (Å²) < 4.78 is 31.2. The molecule has 0 saturated heterocycles. The van der Waals surface area contributed by atoms with Crippen molar-refractivity contribution in [2.45, 2.75) is 4.90 Å². The van der Waals surface area contributed by atoms with Gasteiger partial charge in [-0.25, -0.2) is 8.42 Å². The van der Waals surface area contributed by atoms with Crippen LogP contribution in [0.5, 0.6) is 5.75 Å². The molecule has 1 aromatic rings. The highest BCUT2D eigenvalue weighted by molar-refractivity contribution is 7.89. The van der Waals surface area contributed by atoms with Crippen molar-refractivity contribution >= 4 is 15.7 Å². The van der Waals surface area contributed by atoms with E-state index in [1.165, 1.54) is 19.2 Å². The first-order valence-electron chi connectivity index (χ1n) is 6.58. The Morgan fingerprint density at radius 1 is 1.32 bits per heavy atom. The molecule has 1 rings (SSSR count). The normalized spacial score (nSPS) is 11.2. The van der Waals surface area contributed by atoms with Crippen molar-refractivity contribution in [2.24, 2.45) is 0 Å². The standard InChI is InChI=1S/C14H20N2O5S/c1-3-6-15-13-5-4-12(11-14(13)21-2)22(19,20)16(7-9-17)8-10-18/h1,4-5,11,15,17-18H,6-10H2,2H3. The summed E-state index contributed by atoms with van der Waals surface area (Å²) in [6.07, 6.45) is 5.17. The van der Waals surface area contributed by atoms with Crippen LogP contribution in [0, 0.1) is 12.3 Å². The maximum absolute atomic E-state index is 12.5. The SMILES string of the molecule is C#CCNc1ccc(S(=O)(=O)N(CCO)CCO)cc1OC. The quantitative estimate of drug-likeness (QED) is 0.539. The van der Waals surface area contributed by atoms with Crippen molar-refractivity contribution in [3.05, 3.63) is 18.2 Å². The van der Waals surface area contributed by atoms with E-state index in [0.717, 1.165) is 4.31 Å². The number of methoxy groups -OCH3 is 1. The maximum Gasteiger partial charge on any atom is 0.243 e. The second-order valence-electron chi connectivity index (χ2n) is 4.27. The highest BCUT2D eigenvalue weighted by Crippen LogP contribution is 2.28. The van der Waals surface area contributed by atoms with Gasteiger partial charge in [-0.2, -0.15) is 4.31 Å². The number of rotatable bonds is 9. The number of nitrogens with one attached hydrogen (secondary N) is 1. The van der Waals surface area contributed by atoms with Gasteiger partial charge in [0.25, 0.3) is 0 Å². The van der Waals surface area contributed by atoms with Crippen LogP contribution >= 0.6 is 0 Å². The minimum Gasteiger partial charge on any atom is -0.495 e. The summed E-state index contributed by atoms with van der Waals surface area (Å²) in [5.74, 6) is 2.75. The molecule has 8 heteroatoms. The second kappa shape index (κ2) is 8.60. The van der Waals surface area contributed by atoms with Crippen molar-refractivity contribution in [3.8, 4) is 18.1 Å². The van der Waals surface area contributed by atoms with E-state index in [2.05, 4.69) is 11.2 Å². The first-order chi connectivity index (χ1) is 10.5. The number of anilines is 1. The van der Waals surface area contributed by atoms with Crippen molar-refractivity contribution in [1.82, 2.24) is 4.31 Å². The van der Waals surface area contributed by atoms with Crippen LogP contribution in [-0.2, 0) is 10.0 Å². The van der Waals surface area contributed by atoms with E-state index in [-0.39, 0.29) is 37.7 Å². The van der Waals surface area contributed by atoms with Gasteiger partial charge in [-0.05, 0) is 12.1 Å². The van der Waals surface area contributed by atoms with E-state index in [4.69, 9.17) is 21.4 Å². The Morgan fingerprint density at radius 2 is 1.95 bits per heavy atom. The molecule has 0 fully saturated rings. The predicted octanol–water partition coefficient (Wildman–Crippen LogP) is -0.284. The zero-order valence-electron chi connectivity index (χ0n) is 12.3. The number of sulfonamides is 1. The van der Waals surface area contributed by atoms with Gasteiger partial charge in [-0.1, -0.05) is 5.92 Å². The number of hydrogen-bond donors (Lipinski definition) is 3. The molecule has 22 heavy (non-hydrogen) atoms. The molecule has 3 N–H and O–H groups in total. The summed E-state index contributed by atoms with van der Waals surface area (Å²) in [5.41, 5.74) is 0.579. The fourth-order valence-corrected chi connectivity index (χ4v) is 3.29. The van der Waals surface area contributed by atoms with Crippen molar-refractivity contribution < 1.29 is 23.4 Å². The molecule has 0 aliphatic rings. The topological polar surface area (TPSA) is 99.1 Å². The van der Waals surface area contributed by atoms with Gasteiger partial charge < -0.3 is 20.3 Å². The summed E-state index contributed by atoms with van der Waals surface area (Å²) in [5, 5.41) is 20.9. The number of nitrogens with zero attached hydrogens (tertiary/aromatic N) is 1. The Labute approximate surface area is 130 Å². The third-order valence-corrected chi connectivity index (χ3v) is 4.79. The summed E-state index contributed by atoms with van der Waals surface area (Å²) >= 11 is 0. The third-order valence-electron chi connectivity index (χ3n) is 2.89. The molecule has 0 spiro atoms. The number of benzene rings is 1. The van der Waals surface area contributed by atoms with Gasteiger partial charge >= 0.3 is 0 Å². The number of aliphatic hydroxyl groups excluding tert-OH is 2. The smallest absolute Gasteiger partial charge is 0.243 e. The number of hydrogen-bond acceptors (Lipinski definition) is 6. The molecular formula is C14H20N2O5S. The van der Waals surface area contributed by atoms with Crippen LogP contribution in [0.15, 0.2) is 23.1 Å². The maximum atomic E-state index is 12.5. The Bertz CT molecular complexity index is 619. The monoisotopic (exact) mass is 328 g/mol. The first-order valence-corrected chi connectivity index (χ1v) is 8.02. The lowest BCUT2D eigenvalue weighted by atomic mass is 10.3. The lowest BCUT2D eigenvalue weighted by Gasteiger charge is -2.21. The lowest BCUT2D eigenvalue weighted by molar-refractivity contribution is 0.217. The van der Waals surface area contributed by atoms with Gasteiger partial charge in [0.1, 0.15) is 5.75 Å². The minimum atomic E-state index is -3.83. The van der Waals surface area contributed by atoms with E-state index in [0.29, 0.717) is 11.4 Å². The van der Waals surface area contributed by atoms with Gasteiger partial charge in [0.2, 0.25) is 10.0 Å². The summed E-state index contributed by atoms with van der Waals surface area (Å²) in [4.78, 5) is 0.0116. The fourth-order valence-electron chi connectivity index (χ4n) is 1.85. The predicted molar refractivity (Wildman–Crippen MR) is 83.2 cm³/mol. The van der Waals surface area contributed by atoms with Crippen LogP contribution in [0.4, 0.5) is 5.69 Å². The Balaban J connectivity index is 3.16. The molecule has 1 aromatic carbocycles. The Hall–Kier alpha value is -1.79. The van der Waals surface area contributed by atoms with E-state index in [9.17, 15) is 8.42 Å². The average Bonchev–Trinajstić information content (AvgIpc) is 2.52. The molecule has 122 valence electrons. The zero-order valence-corrected chi connectivity index (χ0v) is 13.1. The molecule has 7 nitrogen and oxygen atoms in total. The molecule has 0 aliphatic carbocycles. The lowest BCUT2D eigenvalue weighted by Crippen LogP contribution is -2.35. The van der Waals surface area contributed by atoms with Crippen LogP contribution in [0.25, 0.3) is 0 Å². The van der Waals surface area contributed by atoms with Crippen molar-refractivity contribution in [1.29, 1.82) is 0 Å². The van der Waals surface area contributed by atoms with Gasteiger partial charge in [-0.15, -0.1) is 6.42 Å². The zero-order chi connectivity index (χ0) is 16.6. The molecule has 0 radical (unpaired) electrons. The average molecular weight is 328 g/mol. The Morgan fingerprint density at radius 3 is 2.45 bits per heavy atom. The summed E-state index contributed by atoms with van der Waals surface area (Å²) in [7, 11) is -2.41. The molecule has 0 saturated carbocycles. The molecule has 0 bridgehead atoms. The molecular weight excluding hydrogens is 308 g/mol. The summed E-state index contributed by atoms with van der Waals surface area (Å²) in [6, 6.07) is 4.34. The van der Waals surface area contributed by atoms with Gasteiger partial charge in [-0.3, -0.25) is 0 Å². The molecule has 0 aliphatic heterocycles. The van der Waals surface area contributed by atoms with Crippen LogP contribution in [0.2, 0.25) is 0 Å². The van der Waals surface area contributed by atoms with Crippen LogP contribution in [-0.4, -0.2) is 62.9 Å². The Kier molecular flexibility index (Phi) is 7.14. The van der Waals surface area contributed by atoms with E-state index < -0.39 is 10.0 Å². The van der Waals surface area contributed by atoms with E-state index >= 15 is 0 Å². The number of terminal acetylenes is 1. The number of ether oxygens (including phenoxy) is 1. The third kappa shape index (κ3) is 4.35. The second-order valence-corrected chi connectivity index (χ2v) is 6.21. The minimum absolute atomic E-state index is 0.0116. The first kappa shape index (κ1) is 18.3. The highest BCUT2D eigenvalue weighted by atomic mass is 32.2. The molecule has 0 amide bonds. The number of aliphatic hydroxyl groups is 2. The van der Waals surface area contributed by atoms with Gasteiger partial charge in [0.15, 0.2) is 0 Å². The molecule has 0 atom stereocenters. The summed E-state index contributed by atoms with van der Waals surface area (Å²) in [6.45, 7) is -0.579. The van der Waals surface area contributed by atoms with Crippen molar-refractivity contribution in [2.75, 3.05) is 45.3 Å². The molecule has 0 heterocycles.